The van der Waals surface area contributed by atoms with Gasteiger partial charge in [-0.15, -0.1) is 0 Å². The fraction of sp³-hybridized carbons (Fsp3) is 0.643. The lowest BCUT2D eigenvalue weighted by Crippen LogP contribution is -2.60. The lowest BCUT2D eigenvalue weighted by Gasteiger charge is -2.40. The number of hydrogen-bond donors (Lipinski definition) is 2. The number of likely N-dealkylation sites (tertiary alicyclic amines) is 1. The number of carbonyl (C=O) groups is 1. The third-order valence-corrected chi connectivity index (χ3v) is 4.00. The summed E-state index contributed by atoms with van der Waals surface area (Å²) in [6.45, 7) is 1.44. The Morgan fingerprint density at radius 1 is 1.10 bits per heavy atom. The van der Waals surface area contributed by atoms with Gasteiger partial charge in [-0.25, -0.2) is 14.8 Å². The van der Waals surface area contributed by atoms with E-state index in [0.717, 1.165) is 25.9 Å². The molecule has 2 fully saturated rings. The second-order valence-electron chi connectivity index (χ2n) is 5.60. The fourth-order valence-electron chi connectivity index (χ4n) is 2.80. The fourth-order valence-corrected chi connectivity index (χ4v) is 2.80. The van der Waals surface area contributed by atoms with Gasteiger partial charge >= 0.3 is 6.03 Å². The minimum atomic E-state index is 0.0731. The monoisotopic (exact) mass is 275 g/mol. The molecule has 6 nitrogen and oxygen atoms in total. The number of urea groups is 1. The Kier molecular flexibility index (Phi) is 3.99. The summed E-state index contributed by atoms with van der Waals surface area (Å²) in [5.74, 6) is 0.629. The summed E-state index contributed by atoms with van der Waals surface area (Å²) < 4.78 is 0. The number of carbonyl (C=O) groups excluding carboxylic acids is 1. The van der Waals surface area contributed by atoms with E-state index in [0.29, 0.717) is 12.0 Å². The molecule has 20 heavy (non-hydrogen) atoms. The molecule has 0 aromatic carbocycles. The van der Waals surface area contributed by atoms with E-state index in [1.165, 1.54) is 19.3 Å². The summed E-state index contributed by atoms with van der Waals surface area (Å²) in [5, 5.41) is 6.36. The highest BCUT2D eigenvalue weighted by molar-refractivity contribution is 5.75. The van der Waals surface area contributed by atoms with Gasteiger partial charge in [-0.05, 0) is 18.9 Å². The molecule has 108 valence electrons. The van der Waals surface area contributed by atoms with Gasteiger partial charge < -0.3 is 15.5 Å². The molecule has 2 N–H and O–H groups in total. The molecule has 3 rings (SSSR count). The first-order valence-electron chi connectivity index (χ1n) is 7.40. The van der Waals surface area contributed by atoms with Crippen LogP contribution in [0.25, 0.3) is 0 Å². The molecule has 0 unspecified atom stereocenters. The molecule has 6 heteroatoms. The van der Waals surface area contributed by atoms with Gasteiger partial charge in [-0.2, -0.15) is 0 Å². The van der Waals surface area contributed by atoms with Crippen molar-refractivity contribution in [3.63, 3.8) is 0 Å². The smallest absolute Gasteiger partial charge is 0.317 e. The molecule has 1 aliphatic heterocycles. The van der Waals surface area contributed by atoms with Crippen molar-refractivity contribution in [1.29, 1.82) is 0 Å². The maximum atomic E-state index is 12.0. The Hall–Kier alpha value is -1.85. The second kappa shape index (κ2) is 6.07. The van der Waals surface area contributed by atoms with Crippen LogP contribution in [0.5, 0.6) is 0 Å². The lowest BCUT2D eigenvalue weighted by molar-refractivity contribution is 0.152. The summed E-state index contributed by atoms with van der Waals surface area (Å²) >= 11 is 0. The predicted molar refractivity (Wildman–Crippen MR) is 76.4 cm³/mol. The van der Waals surface area contributed by atoms with Crippen LogP contribution in [0.1, 0.15) is 32.1 Å². The minimum absolute atomic E-state index is 0.0731. The van der Waals surface area contributed by atoms with Crippen molar-refractivity contribution < 1.29 is 4.79 Å². The molecule has 2 amide bonds. The van der Waals surface area contributed by atoms with E-state index in [9.17, 15) is 4.79 Å². The van der Waals surface area contributed by atoms with Crippen molar-refractivity contribution in [1.82, 2.24) is 20.2 Å². The van der Waals surface area contributed by atoms with Crippen LogP contribution in [-0.2, 0) is 0 Å². The zero-order valence-electron chi connectivity index (χ0n) is 11.6. The zero-order chi connectivity index (χ0) is 13.8. The first-order valence-corrected chi connectivity index (χ1v) is 7.40. The van der Waals surface area contributed by atoms with Gasteiger partial charge in [0.05, 0.1) is 6.04 Å². The SMILES string of the molecule is O=C(NC1CCCCC1)N1CC(Nc2ncccn2)C1. The third-order valence-electron chi connectivity index (χ3n) is 4.00. The average Bonchev–Trinajstić information content (AvgIpc) is 2.44. The number of nitrogens with zero attached hydrogens (tertiary/aromatic N) is 3. The van der Waals surface area contributed by atoms with Crippen LogP contribution >= 0.6 is 0 Å². The molecule has 1 aliphatic carbocycles. The van der Waals surface area contributed by atoms with Gasteiger partial charge in [-0.1, -0.05) is 19.3 Å². The molecule has 0 atom stereocenters. The molecule has 0 radical (unpaired) electrons. The first kappa shape index (κ1) is 13.1. The standard InChI is InChI=1S/C14H21N5O/c20-14(18-11-5-2-1-3-6-11)19-9-12(10-19)17-13-15-7-4-8-16-13/h4,7-8,11-12H,1-3,5-6,9-10H2,(H,18,20)(H,15,16,17). The van der Waals surface area contributed by atoms with Gasteiger partial charge in [0, 0.05) is 31.5 Å². The molecule has 1 aromatic heterocycles. The average molecular weight is 275 g/mol. The number of anilines is 1. The van der Waals surface area contributed by atoms with E-state index in [2.05, 4.69) is 20.6 Å². The van der Waals surface area contributed by atoms with Crippen LogP contribution in [0.3, 0.4) is 0 Å². The summed E-state index contributed by atoms with van der Waals surface area (Å²) in [5.41, 5.74) is 0. The molecule has 1 aromatic rings. The molecule has 1 saturated heterocycles. The highest BCUT2D eigenvalue weighted by Gasteiger charge is 2.32. The Balaban J connectivity index is 1.40. The molecule has 0 bridgehead atoms. The number of hydrogen-bond acceptors (Lipinski definition) is 4. The summed E-state index contributed by atoms with van der Waals surface area (Å²) in [7, 11) is 0. The van der Waals surface area contributed by atoms with Gasteiger partial charge in [-0.3, -0.25) is 0 Å². The molecule has 2 heterocycles. The van der Waals surface area contributed by atoms with Crippen LogP contribution in [0.15, 0.2) is 18.5 Å². The molecular weight excluding hydrogens is 254 g/mol. The van der Waals surface area contributed by atoms with E-state index in [1.54, 1.807) is 18.5 Å². The molecule has 1 saturated carbocycles. The van der Waals surface area contributed by atoms with E-state index in [-0.39, 0.29) is 12.1 Å². The van der Waals surface area contributed by atoms with Crippen LogP contribution in [0.2, 0.25) is 0 Å². The Bertz CT molecular complexity index is 440. The summed E-state index contributed by atoms with van der Waals surface area (Å²) in [6.07, 6.45) is 9.45. The van der Waals surface area contributed by atoms with E-state index in [4.69, 9.17) is 0 Å². The third kappa shape index (κ3) is 3.18. The van der Waals surface area contributed by atoms with E-state index in [1.807, 2.05) is 4.90 Å². The van der Waals surface area contributed by atoms with Crippen molar-refractivity contribution in [2.45, 2.75) is 44.2 Å². The van der Waals surface area contributed by atoms with Gasteiger partial charge in [0.2, 0.25) is 5.95 Å². The van der Waals surface area contributed by atoms with Crippen molar-refractivity contribution in [3.05, 3.63) is 18.5 Å². The van der Waals surface area contributed by atoms with Crippen molar-refractivity contribution in [3.8, 4) is 0 Å². The van der Waals surface area contributed by atoms with Crippen LogP contribution in [0, 0.1) is 0 Å². The highest BCUT2D eigenvalue weighted by Crippen LogP contribution is 2.18. The highest BCUT2D eigenvalue weighted by atomic mass is 16.2. The predicted octanol–water partition coefficient (Wildman–Crippen LogP) is 1.61. The van der Waals surface area contributed by atoms with E-state index < -0.39 is 0 Å². The molecule has 2 aliphatic rings. The Labute approximate surface area is 119 Å². The second-order valence-corrected chi connectivity index (χ2v) is 5.60. The molecule has 0 spiro atoms. The van der Waals surface area contributed by atoms with Crippen molar-refractivity contribution >= 4 is 12.0 Å². The number of aromatic nitrogens is 2. The van der Waals surface area contributed by atoms with Crippen LogP contribution in [0.4, 0.5) is 10.7 Å². The topological polar surface area (TPSA) is 70.2 Å². The van der Waals surface area contributed by atoms with Crippen molar-refractivity contribution in [2.24, 2.45) is 0 Å². The zero-order valence-corrected chi connectivity index (χ0v) is 11.6. The minimum Gasteiger partial charge on any atom is -0.348 e. The number of nitrogens with one attached hydrogen (secondary N) is 2. The largest absolute Gasteiger partial charge is 0.348 e. The molecular formula is C14H21N5O. The summed E-state index contributed by atoms with van der Waals surface area (Å²) in [4.78, 5) is 22.1. The quantitative estimate of drug-likeness (QED) is 0.879. The van der Waals surface area contributed by atoms with Crippen LogP contribution < -0.4 is 10.6 Å². The Morgan fingerprint density at radius 3 is 2.50 bits per heavy atom. The first-order chi connectivity index (χ1) is 9.81. The van der Waals surface area contributed by atoms with Gasteiger partial charge in [0.1, 0.15) is 0 Å². The Morgan fingerprint density at radius 2 is 1.80 bits per heavy atom. The normalized spacial score (nSPS) is 20.3. The summed E-state index contributed by atoms with van der Waals surface area (Å²) in [6, 6.07) is 2.50. The van der Waals surface area contributed by atoms with Gasteiger partial charge in [0.15, 0.2) is 0 Å². The number of amides is 2. The lowest BCUT2D eigenvalue weighted by atomic mass is 9.95. The van der Waals surface area contributed by atoms with E-state index >= 15 is 0 Å². The maximum absolute atomic E-state index is 12.0. The maximum Gasteiger partial charge on any atom is 0.317 e. The van der Waals surface area contributed by atoms with Gasteiger partial charge in [0.25, 0.3) is 0 Å². The van der Waals surface area contributed by atoms with Crippen LogP contribution in [-0.4, -0.2) is 46.1 Å². The number of rotatable bonds is 3. The van der Waals surface area contributed by atoms with Crippen molar-refractivity contribution in [2.75, 3.05) is 18.4 Å².